The smallest absolute Gasteiger partial charge is 0.352 e. The van der Waals surface area contributed by atoms with Gasteiger partial charge in [0.05, 0.1) is 11.3 Å². The van der Waals surface area contributed by atoms with Crippen molar-refractivity contribution in [3.05, 3.63) is 53.9 Å². The van der Waals surface area contributed by atoms with Gasteiger partial charge in [0.15, 0.2) is 0 Å². The summed E-state index contributed by atoms with van der Waals surface area (Å²) in [6.45, 7) is -0.106. The van der Waals surface area contributed by atoms with Gasteiger partial charge in [-0.15, -0.1) is 0 Å². The van der Waals surface area contributed by atoms with Gasteiger partial charge in [-0.3, -0.25) is 4.79 Å². The van der Waals surface area contributed by atoms with Crippen LogP contribution in [0.15, 0.2) is 42.6 Å². The molecule has 2 aromatic rings. The molecule has 0 bridgehead atoms. The number of carbonyl (C=O) groups excluding carboxylic acids is 1. The normalized spacial score (nSPS) is 9.90. The van der Waals surface area contributed by atoms with Crippen LogP contribution in [0.3, 0.4) is 0 Å². The van der Waals surface area contributed by atoms with E-state index in [4.69, 9.17) is 10.4 Å². The second-order valence-electron chi connectivity index (χ2n) is 4.41. The number of likely N-dealkylation sites (N-methyl/N-ethyl adjacent to an activating group) is 1. The molecule has 0 saturated heterocycles. The van der Waals surface area contributed by atoms with E-state index in [-0.39, 0.29) is 18.1 Å². The number of rotatable bonds is 4. The minimum absolute atomic E-state index is 0.0466. The number of hydrogen-bond donors (Lipinski definition) is 1. The van der Waals surface area contributed by atoms with Gasteiger partial charge in [0.25, 0.3) is 0 Å². The summed E-state index contributed by atoms with van der Waals surface area (Å²) in [6, 6.07) is 11.8. The van der Waals surface area contributed by atoms with Crippen molar-refractivity contribution in [2.24, 2.45) is 0 Å². The molecule has 0 aliphatic carbocycles. The SMILES string of the molecule is CN(C(=O)Cn1cccc1C(=O)O)c1ccccc1C#N. The molecule has 0 fully saturated rings. The predicted octanol–water partition coefficient (Wildman–Crippen LogP) is 1.72. The summed E-state index contributed by atoms with van der Waals surface area (Å²) in [4.78, 5) is 24.6. The van der Waals surface area contributed by atoms with Gasteiger partial charge in [-0.05, 0) is 24.3 Å². The molecule has 6 heteroatoms. The Balaban J connectivity index is 2.22. The quantitative estimate of drug-likeness (QED) is 0.925. The third-order valence-corrected chi connectivity index (χ3v) is 3.11. The van der Waals surface area contributed by atoms with Crippen LogP contribution in [0.5, 0.6) is 0 Å². The van der Waals surface area contributed by atoms with Crippen LogP contribution >= 0.6 is 0 Å². The van der Waals surface area contributed by atoms with E-state index in [1.54, 1.807) is 37.4 Å². The van der Waals surface area contributed by atoms with Crippen LogP contribution in [0.2, 0.25) is 0 Å². The Labute approximate surface area is 121 Å². The van der Waals surface area contributed by atoms with Crippen molar-refractivity contribution in [1.29, 1.82) is 5.26 Å². The zero-order valence-corrected chi connectivity index (χ0v) is 11.4. The van der Waals surface area contributed by atoms with Gasteiger partial charge in [-0.25, -0.2) is 4.79 Å². The van der Waals surface area contributed by atoms with Gasteiger partial charge < -0.3 is 14.6 Å². The number of nitrogens with zero attached hydrogens (tertiary/aromatic N) is 3. The van der Waals surface area contributed by atoms with Gasteiger partial charge in [0.1, 0.15) is 18.3 Å². The van der Waals surface area contributed by atoms with E-state index in [1.165, 1.54) is 21.7 Å². The molecule has 1 N–H and O–H groups in total. The summed E-state index contributed by atoms with van der Waals surface area (Å²) in [7, 11) is 1.56. The van der Waals surface area contributed by atoms with Crippen LogP contribution < -0.4 is 4.90 Å². The lowest BCUT2D eigenvalue weighted by molar-refractivity contribution is -0.118. The molecule has 0 unspecified atom stereocenters. The number of benzene rings is 1. The van der Waals surface area contributed by atoms with Crippen LogP contribution in [0.4, 0.5) is 5.69 Å². The topological polar surface area (TPSA) is 86.3 Å². The maximum atomic E-state index is 12.3. The Morgan fingerprint density at radius 3 is 2.67 bits per heavy atom. The van der Waals surface area contributed by atoms with Crippen molar-refractivity contribution in [1.82, 2.24) is 4.57 Å². The van der Waals surface area contributed by atoms with E-state index in [2.05, 4.69) is 0 Å². The van der Waals surface area contributed by atoms with E-state index in [0.29, 0.717) is 11.3 Å². The Morgan fingerprint density at radius 2 is 2.00 bits per heavy atom. The fourth-order valence-electron chi connectivity index (χ4n) is 1.99. The minimum Gasteiger partial charge on any atom is -0.477 e. The highest BCUT2D eigenvalue weighted by Gasteiger charge is 2.17. The molecule has 1 amide bonds. The molecule has 6 nitrogen and oxygen atoms in total. The van der Waals surface area contributed by atoms with E-state index in [9.17, 15) is 9.59 Å². The summed E-state index contributed by atoms with van der Waals surface area (Å²) in [6.07, 6.45) is 1.53. The van der Waals surface area contributed by atoms with Crippen molar-refractivity contribution in [2.45, 2.75) is 6.54 Å². The van der Waals surface area contributed by atoms with Crippen molar-refractivity contribution in [2.75, 3.05) is 11.9 Å². The molecule has 2 rings (SSSR count). The van der Waals surface area contributed by atoms with Crippen molar-refractivity contribution >= 4 is 17.6 Å². The fourth-order valence-corrected chi connectivity index (χ4v) is 1.99. The average Bonchev–Trinajstić information content (AvgIpc) is 2.94. The van der Waals surface area contributed by atoms with Crippen LogP contribution in [0, 0.1) is 11.3 Å². The standard InChI is InChI=1S/C15H13N3O3/c1-17(12-6-3-2-5-11(12)9-16)14(19)10-18-8-4-7-13(18)15(20)21/h2-8H,10H2,1H3,(H,20,21). The second-order valence-corrected chi connectivity index (χ2v) is 4.41. The number of carboxylic acids is 1. The number of aromatic carboxylic acids is 1. The van der Waals surface area contributed by atoms with E-state index in [0.717, 1.165) is 0 Å². The highest BCUT2D eigenvalue weighted by atomic mass is 16.4. The number of para-hydroxylation sites is 1. The molecule has 21 heavy (non-hydrogen) atoms. The Morgan fingerprint density at radius 1 is 1.29 bits per heavy atom. The van der Waals surface area contributed by atoms with Gasteiger partial charge in [0, 0.05) is 13.2 Å². The monoisotopic (exact) mass is 283 g/mol. The number of nitriles is 1. The molecular formula is C15H13N3O3. The van der Waals surface area contributed by atoms with Gasteiger partial charge in [-0.2, -0.15) is 5.26 Å². The zero-order chi connectivity index (χ0) is 15.4. The Hall–Kier alpha value is -3.07. The molecule has 0 aliphatic heterocycles. The lowest BCUT2D eigenvalue weighted by Gasteiger charge is -2.19. The first-order valence-electron chi connectivity index (χ1n) is 6.18. The van der Waals surface area contributed by atoms with Crippen LogP contribution in [-0.2, 0) is 11.3 Å². The summed E-state index contributed by atoms with van der Waals surface area (Å²) in [5.41, 5.74) is 0.929. The second kappa shape index (κ2) is 5.92. The van der Waals surface area contributed by atoms with Crippen molar-refractivity contribution in [3.63, 3.8) is 0 Å². The Kier molecular flexibility index (Phi) is 4.05. The number of carboxylic acid groups (broad SMARTS) is 1. The van der Waals surface area contributed by atoms with Crippen molar-refractivity contribution in [3.8, 4) is 6.07 Å². The van der Waals surface area contributed by atoms with Gasteiger partial charge in [0.2, 0.25) is 5.91 Å². The first kappa shape index (κ1) is 14.3. The number of hydrogen-bond acceptors (Lipinski definition) is 3. The third kappa shape index (κ3) is 2.92. The zero-order valence-electron chi connectivity index (χ0n) is 11.4. The van der Waals surface area contributed by atoms with Crippen LogP contribution in [0.25, 0.3) is 0 Å². The van der Waals surface area contributed by atoms with E-state index in [1.807, 2.05) is 6.07 Å². The number of amides is 1. The molecule has 0 atom stereocenters. The molecular weight excluding hydrogens is 270 g/mol. The maximum Gasteiger partial charge on any atom is 0.352 e. The highest BCUT2D eigenvalue weighted by molar-refractivity contribution is 5.95. The van der Waals surface area contributed by atoms with Crippen molar-refractivity contribution < 1.29 is 14.7 Å². The molecule has 0 aliphatic rings. The van der Waals surface area contributed by atoms with Crippen LogP contribution in [0.1, 0.15) is 16.1 Å². The first-order chi connectivity index (χ1) is 10.0. The highest BCUT2D eigenvalue weighted by Crippen LogP contribution is 2.18. The fraction of sp³-hybridized carbons (Fsp3) is 0.133. The predicted molar refractivity (Wildman–Crippen MR) is 76.0 cm³/mol. The summed E-state index contributed by atoms with van der Waals surface area (Å²) in [5.74, 6) is -1.40. The molecule has 1 aromatic carbocycles. The molecule has 106 valence electrons. The average molecular weight is 283 g/mol. The van der Waals surface area contributed by atoms with Gasteiger partial charge >= 0.3 is 5.97 Å². The lowest BCUT2D eigenvalue weighted by atomic mass is 10.2. The Bertz CT molecular complexity index is 728. The molecule has 0 spiro atoms. The maximum absolute atomic E-state index is 12.3. The van der Waals surface area contributed by atoms with Gasteiger partial charge in [-0.1, -0.05) is 12.1 Å². The number of carbonyl (C=O) groups is 2. The minimum atomic E-state index is -1.09. The summed E-state index contributed by atoms with van der Waals surface area (Å²) in [5, 5.41) is 18.1. The molecule has 0 saturated carbocycles. The first-order valence-corrected chi connectivity index (χ1v) is 6.18. The largest absolute Gasteiger partial charge is 0.477 e. The van der Waals surface area contributed by atoms with E-state index < -0.39 is 5.97 Å². The summed E-state index contributed by atoms with van der Waals surface area (Å²) >= 11 is 0. The third-order valence-electron chi connectivity index (χ3n) is 3.11. The molecule has 1 heterocycles. The molecule has 0 radical (unpaired) electrons. The lowest BCUT2D eigenvalue weighted by Crippen LogP contribution is -2.31. The summed E-state index contributed by atoms with van der Waals surface area (Å²) < 4.78 is 1.36. The number of anilines is 1. The number of aromatic nitrogens is 1. The molecule has 1 aromatic heterocycles. The van der Waals surface area contributed by atoms with E-state index >= 15 is 0 Å². The van der Waals surface area contributed by atoms with Crippen LogP contribution in [-0.4, -0.2) is 28.6 Å².